The molecule has 1 aliphatic rings. The summed E-state index contributed by atoms with van der Waals surface area (Å²) in [6.07, 6.45) is 2.14. The molecule has 0 aromatic carbocycles. The summed E-state index contributed by atoms with van der Waals surface area (Å²) in [7, 11) is -1.99. The summed E-state index contributed by atoms with van der Waals surface area (Å²) in [5.41, 5.74) is 1.47. The summed E-state index contributed by atoms with van der Waals surface area (Å²) in [6.45, 7) is 0. The van der Waals surface area contributed by atoms with Crippen molar-refractivity contribution in [2.75, 3.05) is 4.72 Å². The van der Waals surface area contributed by atoms with Crippen LogP contribution in [0, 0.1) is 0 Å². The Hall–Kier alpha value is -1.48. The van der Waals surface area contributed by atoms with Crippen molar-refractivity contribution in [3.05, 3.63) is 16.7 Å². The van der Waals surface area contributed by atoms with E-state index in [1.807, 2.05) is 0 Å². The van der Waals surface area contributed by atoms with Crippen molar-refractivity contribution >= 4 is 27.3 Å². The van der Waals surface area contributed by atoms with Crippen molar-refractivity contribution in [3.63, 3.8) is 0 Å². The number of nitrogens with zero attached hydrogens (tertiary/aromatic N) is 4. The van der Waals surface area contributed by atoms with Gasteiger partial charge in [-0.2, -0.15) is 18.5 Å². The van der Waals surface area contributed by atoms with Crippen LogP contribution in [-0.2, 0) is 17.1 Å². The molecule has 0 radical (unpaired) electrons. The maximum absolute atomic E-state index is 12.0. The van der Waals surface area contributed by atoms with Crippen LogP contribution in [0.3, 0.4) is 0 Å². The predicted octanol–water partition coefficient (Wildman–Crippen LogP) is 0.950. The van der Waals surface area contributed by atoms with E-state index in [9.17, 15) is 8.42 Å². The van der Waals surface area contributed by atoms with Crippen LogP contribution >= 0.6 is 11.3 Å². The Morgan fingerprint density at radius 1 is 1.50 bits per heavy atom. The molecular weight excluding hydrogens is 274 g/mol. The minimum absolute atomic E-state index is 0.00321. The van der Waals surface area contributed by atoms with E-state index >= 15 is 0 Å². The van der Waals surface area contributed by atoms with Gasteiger partial charge in [-0.15, -0.1) is 11.3 Å². The van der Waals surface area contributed by atoms with Gasteiger partial charge in [0.15, 0.2) is 10.9 Å². The molecule has 0 amide bonds. The molecule has 0 spiro atoms. The molecule has 9 heteroatoms. The van der Waals surface area contributed by atoms with Crippen molar-refractivity contribution in [1.82, 2.24) is 19.7 Å². The smallest absolute Gasteiger partial charge is 0.246 e. The highest BCUT2D eigenvalue weighted by Gasteiger charge is 2.29. The quantitative estimate of drug-likeness (QED) is 0.903. The van der Waals surface area contributed by atoms with Crippen LogP contribution in [0.4, 0.5) is 5.95 Å². The molecule has 96 valence electrons. The third-order valence-corrected chi connectivity index (χ3v) is 4.59. The number of aromatic nitrogens is 4. The maximum atomic E-state index is 12.0. The van der Waals surface area contributed by atoms with Crippen LogP contribution in [0.5, 0.6) is 0 Å². The SMILES string of the molecule is Cn1nc(C2CC2)nc1NS(=O)(=O)c1cscn1. The van der Waals surface area contributed by atoms with Crippen LogP contribution in [0.1, 0.15) is 24.6 Å². The summed E-state index contributed by atoms with van der Waals surface area (Å²) in [5, 5.41) is 5.67. The Morgan fingerprint density at radius 2 is 2.28 bits per heavy atom. The normalized spacial score (nSPS) is 15.8. The third kappa shape index (κ3) is 2.10. The Labute approximate surface area is 108 Å². The van der Waals surface area contributed by atoms with Gasteiger partial charge in [0.2, 0.25) is 5.95 Å². The topological polar surface area (TPSA) is 89.8 Å². The van der Waals surface area contributed by atoms with E-state index in [0.717, 1.165) is 12.8 Å². The Bertz CT molecular complexity index is 657. The van der Waals surface area contributed by atoms with E-state index in [-0.39, 0.29) is 11.0 Å². The van der Waals surface area contributed by atoms with Gasteiger partial charge in [-0.25, -0.2) is 14.4 Å². The van der Waals surface area contributed by atoms with Gasteiger partial charge in [-0.3, -0.25) is 0 Å². The molecule has 1 saturated carbocycles. The van der Waals surface area contributed by atoms with Gasteiger partial charge >= 0.3 is 0 Å². The van der Waals surface area contributed by atoms with Crippen LogP contribution in [0.25, 0.3) is 0 Å². The second-order valence-corrected chi connectivity index (χ2v) is 6.47. The van der Waals surface area contributed by atoms with Gasteiger partial charge in [-0.1, -0.05) is 0 Å². The first kappa shape index (κ1) is 11.6. The van der Waals surface area contributed by atoms with Crippen molar-refractivity contribution in [2.45, 2.75) is 23.8 Å². The van der Waals surface area contributed by atoms with Crippen molar-refractivity contribution < 1.29 is 8.42 Å². The van der Waals surface area contributed by atoms with Crippen molar-refractivity contribution in [1.29, 1.82) is 0 Å². The number of aryl methyl sites for hydroxylation is 1. The van der Waals surface area contributed by atoms with Gasteiger partial charge in [0.1, 0.15) is 0 Å². The second-order valence-electron chi connectivity index (χ2n) is 4.12. The standard InChI is InChI=1S/C9H11N5O2S2/c1-14-9(11-8(12-14)6-2-3-6)13-18(15,16)7-4-17-5-10-7/h4-6H,2-3H2,1H3,(H,11,12,13). The summed E-state index contributed by atoms with van der Waals surface area (Å²) >= 11 is 1.23. The molecule has 1 fully saturated rings. The average Bonchev–Trinajstić information content (AvgIpc) is 2.86. The zero-order valence-corrected chi connectivity index (χ0v) is 11.2. The highest BCUT2D eigenvalue weighted by molar-refractivity contribution is 7.92. The fraction of sp³-hybridized carbons (Fsp3) is 0.444. The molecule has 2 aromatic heterocycles. The van der Waals surface area contributed by atoms with Crippen LogP contribution in [-0.4, -0.2) is 28.2 Å². The van der Waals surface area contributed by atoms with Crippen LogP contribution < -0.4 is 4.72 Å². The lowest BCUT2D eigenvalue weighted by Crippen LogP contribution is -2.16. The fourth-order valence-electron chi connectivity index (χ4n) is 1.51. The average molecular weight is 285 g/mol. The first-order chi connectivity index (χ1) is 8.56. The summed E-state index contributed by atoms with van der Waals surface area (Å²) < 4.78 is 27.8. The first-order valence-corrected chi connectivity index (χ1v) is 7.81. The molecule has 0 bridgehead atoms. The van der Waals surface area contributed by atoms with E-state index in [1.165, 1.54) is 26.9 Å². The van der Waals surface area contributed by atoms with E-state index in [1.54, 1.807) is 7.05 Å². The van der Waals surface area contributed by atoms with Gasteiger partial charge in [0, 0.05) is 18.3 Å². The lowest BCUT2D eigenvalue weighted by Gasteiger charge is -2.03. The molecule has 3 rings (SSSR count). The number of hydrogen-bond donors (Lipinski definition) is 1. The number of sulfonamides is 1. The van der Waals surface area contributed by atoms with Gasteiger partial charge < -0.3 is 0 Å². The molecule has 0 saturated heterocycles. The Balaban J connectivity index is 1.88. The molecule has 7 nitrogen and oxygen atoms in total. The van der Waals surface area contributed by atoms with Crippen LogP contribution in [0.2, 0.25) is 0 Å². The van der Waals surface area contributed by atoms with Gasteiger partial charge in [-0.05, 0) is 12.8 Å². The Kier molecular flexibility index (Phi) is 2.59. The zero-order chi connectivity index (χ0) is 12.8. The molecule has 2 aromatic rings. The minimum atomic E-state index is -3.66. The molecular formula is C9H11N5O2S2. The summed E-state index contributed by atoms with van der Waals surface area (Å²) in [5.74, 6) is 1.31. The minimum Gasteiger partial charge on any atom is -0.246 e. The fourth-order valence-corrected chi connectivity index (χ4v) is 3.38. The maximum Gasteiger partial charge on any atom is 0.282 e. The number of hydrogen-bond acceptors (Lipinski definition) is 6. The molecule has 18 heavy (non-hydrogen) atoms. The summed E-state index contributed by atoms with van der Waals surface area (Å²) in [6, 6.07) is 0. The lowest BCUT2D eigenvalue weighted by atomic mass is 10.4. The van der Waals surface area contributed by atoms with E-state index in [4.69, 9.17) is 0 Å². The van der Waals surface area contributed by atoms with Crippen molar-refractivity contribution in [3.8, 4) is 0 Å². The molecule has 1 aliphatic carbocycles. The number of nitrogens with one attached hydrogen (secondary N) is 1. The summed E-state index contributed by atoms with van der Waals surface area (Å²) in [4.78, 5) is 7.98. The van der Waals surface area contributed by atoms with Gasteiger partial charge in [0.25, 0.3) is 10.0 Å². The number of anilines is 1. The number of rotatable bonds is 4. The molecule has 1 N–H and O–H groups in total. The molecule has 0 unspecified atom stereocenters. The van der Waals surface area contributed by atoms with Crippen LogP contribution in [0.15, 0.2) is 15.9 Å². The van der Waals surface area contributed by atoms with E-state index in [2.05, 4.69) is 19.8 Å². The largest absolute Gasteiger partial charge is 0.282 e. The highest BCUT2D eigenvalue weighted by Crippen LogP contribution is 2.38. The first-order valence-electron chi connectivity index (χ1n) is 5.38. The molecule has 0 aliphatic heterocycles. The highest BCUT2D eigenvalue weighted by atomic mass is 32.2. The van der Waals surface area contributed by atoms with E-state index in [0.29, 0.717) is 11.7 Å². The second kappa shape index (κ2) is 4.02. The predicted molar refractivity (Wildman–Crippen MR) is 65.9 cm³/mol. The van der Waals surface area contributed by atoms with Crippen molar-refractivity contribution in [2.24, 2.45) is 7.05 Å². The molecule has 0 atom stereocenters. The van der Waals surface area contributed by atoms with E-state index < -0.39 is 10.0 Å². The molecule has 2 heterocycles. The monoisotopic (exact) mass is 285 g/mol. The third-order valence-electron chi connectivity index (χ3n) is 2.63. The Morgan fingerprint density at radius 3 is 2.89 bits per heavy atom. The lowest BCUT2D eigenvalue weighted by molar-refractivity contribution is 0.597. The van der Waals surface area contributed by atoms with Gasteiger partial charge in [0.05, 0.1) is 5.51 Å². The number of thiazole rings is 1. The zero-order valence-electron chi connectivity index (χ0n) is 9.57.